The summed E-state index contributed by atoms with van der Waals surface area (Å²) in [5.74, 6) is 1.85. The van der Waals surface area contributed by atoms with Crippen molar-refractivity contribution in [2.75, 3.05) is 0 Å². The van der Waals surface area contributed by atoms with Crippen LogP contribution < -0.4 is 15.8 Å². The first-order valence-corrected chi connectivity index (χ1v) is 19.9. The zero-order valence-electron chi connectivity index (χ0n) is 32.2. The summed E-state index contributed by atoms with van der Waals surface area (Å²) in [6.07, 6.45) is 10.8. The Labute approximate surface area is 346 Å². The highest BCUT2D eigenvalue weighted by atomic mass is 16.5. The predicted molar refractivity (Wildman–Crippen MR) is 237 cm³/mol. The van der Waals surface area contributed by atoms with Crippen LogP contribution in [0, 0.1) is 0 Å². The molecule has 1 N–H and O–H groups in total. The average molecular weight is 794 g/mol. The van der Waals surface area contributed by atoms with Crippen molar-refractivity contribution in [2.45, 2.75) is 6.10 Å². The Morgan fingerprint density at radius 1 is 0.590 bits per heavy atom. The molecule has 0 saturated carbocycles. The first-order chi connectivity index (χ1) is 30.1. The van der Waals surface area contributed by atoms with Gasteiger partial charge in [0.15, 0.2) is 5.43 Å². The number of benzene rings is 5. The summed E-state index contributed by atoms with van der Waals surface area (Å²) in [6.45, 7) is 0. The zero-order valence-corrected chi connectivity index (χ0v) is 32.2. The van der Waals surface area contributed by atoms with Crippen molar-refractivity contribution in [3.05, 3.63) is 202 Å². The number of hydrogen-bond donors (Lipinski definition) is 1. The van der Waals surface area contributed by atoms with E-state index in [2.05, 4.69) is 27.6 Å². The number of fused-ring (bicyclic) bond motifs is 5. The van der Waals surface area contributed by atoms with E-state index in [0.29, 0.717) is 72.7 Å². The molecule has 0 saturated heterocycles. The maximum Gasteiger partial charge on any atom is 0.344 e. The van der Waals surface area contributed by atoms with Gasteiger partial charge in [-0.05, 0) is 66.7 Å². The van der Waals surface area contributed by atoms with E-state index in [1.165, 1.54) is 6.07 Å². The maximum absolute atomic E-state index is 14.8. The van der Waals surface area contributed by atoms with E-state index in [4.69, 9.17) is 23.0 Å². The first-order valence-electron chi connectivity index (χ1n) is 19.9. The standard InChI is InChI=1S/C52H31N3O6/c56-37-29-44(60-41-19-8-4-14-34(37)41)49-46(35-27-31-12-2-7-18-40(31)61-52(35)57)50(51-53-23-24-54-51)47(42-21-20-30-11-1-5-16-38(30)58-42)45(33-22-26-55-25-10-9-15-36(33)55)48(49)43-28-32-13-3-6-17-39(32)59-43/h1-29,42H,(H,53,54). The summed E-state index contributed by atoms with van der Waals surface area (Å²) in [5, 5.41) is 1.98. The lowest BCUT2D eigenvalue weighted by Crippen LogP contribution is -2.16. The van der Waals surface area contributed by atoms with Crippen molar-refractivity contribution in [1.29, 1.82) is 0 Å². The lowest BCUT2D eigenvalue weighted by molar-refractivity contribution is 0.253. The Morgan fingerprint density at radius 3 is 2.13 bits per heavy atom. The molecule has 1 aliphatic rings. The van der Waals surface area contributed by atoms with Crippen molar-refractivity contribution in [3.8, 4) is 62.0 Å². The number of ether oxygens (including phenoxy) is 1. The Hall–Kier alpha value is -8.43. The molecule has 290 valence electrons. The molecule has 0 radical (unpaired) electrons. The van der Waals surface area contributed by atoms with Gasteiger partial charge in [0.05, 0.1) is 16.5 Å². The molecule has 9 heteroatoms. The third kappa shape index (κ3) is 5.52. The average Bonchev–Trinajstić information content (AvgIpc) is 4.09. The quantitative estimate of drug-likeness (QED) is 0.167. The number of para-hydroxylation sites is 4. The van der Waals surface area contributed by atoms with E-state index in [1.54, 1.807) is 36.7 Å². The Kier molecular flexibility index (Phi) is 7.70. The van der Waals surface area contributed by atoms with E-state index in [9.17, 15) is 9.59 Å². The SMILES string of the molecule is O=c1oc2ccccc2cc1-c1c(-c2cc(=O)c3ccccc3o2)c(-c2cc3ccccc3o2)c(-c2ccn3ccccc23)c(C2C=Cc3ccccc3O2)c1-c1ncc[nH]1. The van der Waals surface area contributed by atoms with Crippen molar-refractivity contribution in [1.82, 2.24) is 14.4 Å². The summed E-state index contributed by atoms with van der Waals surface area (Å²) >= 11 is 0. The topological polar surface area (TPSA) is 116 Å². The van der Waals surface area contributed by atoms with Crippen molar-refractivity contribution in [3.63, 3.8) is 0 Å². The molecule has 11 aromatic rings. The van der Waals surface area contributed by atoms with Gasteiger partial charge in [0.1, 0.15) is 45.9 Å². The van der Waals surface area contributed by atoms with Gasteiger partial charge >= 0.3 is 5.63 Å². The summed E-state index contributed by atoms with van der Waals surface area (Å²) in [7, 11) is 0. The molecule has 0 spiro atoms. The van der Waals surface area contributed by atoms with Crippen LogP contribution in [0.2, 0.25) is 0 Å². The highest BCUT2D eigenvalue weighted by molar-refractivity contribution is 6.10. The Balaban J connectivity index is 1.37. The van der Waals surface area contributed by atoms with Gasteiger partial charge in [-0.15, -0.1) is 0 Å². The fourth-order valence-corrected chi connectivity index (χ4v) is 8.83. The van der Waals surface area contributed by atoms with Crippen LogP contribution in [-0.4, -0.2) is 14.4 Å². The van der Waals surface area contributed by atoms with Crippen LogP contribution in [0.1, 0.15) is 17.2 Å². The smallest absolute Gasteiger partial charge is 0.344 e. The number of nitrogens with zero attached hydrogens (tertiary/aromatic N) is 2. The number of aromatic amines is 1. The van der Waals surface area contributed by atoms with Crippen LogP contribution >= 0.6 is 0 Å². The van der Waals surface area contributed by atoms with E-state index in [-0.39, 0.29) is 16.8 Å². The number of hydrogen-bond acceptors (Lipinski definition) is 7. The highest BCUT2D eigenvalue weighted by Gasteiger charge is 2.37. The lowest BCUT2D eigenvalue weighted by Gasteiger charge is -2.30. The second kappa shape index (κ2) is 13.6. The van der Waals surface area contributed by atoms with Crippen LogP contribution in [-0.2, 0) is 0 Å². The molecule has 9 nitrogen and oxygen atoms in total. The van der Waals surface area contributed by atoms with E-state index in [1.807, 2.05) is 116 Å². The largest absolute Gasteiger partial charge is 0.481 e. The molecule has 61 heavy (non-hydrogen) atoms. The molecule has 5 aromatic carbocycles. The zero-order chi connectivity index (χ0) is 40.6. The first kappa shape index (κ1) is 34.6. The van der Waals surface area contributed by atoms with Gasteiger partial charge in [-0.25, -0.2) is 9.78 Å². The number of H-pyrrole nitrogens is 1. The summed E-state index contributed by atoms with van der Waals surface area (Å²) in [5.41, 5.74) is 6.93. The van der Waals surface area contributed by atoms with Gasteiger partial charge in [-0.2, -0.15) is 0 Å². The van der Waals surface area contributed by atoms with Crippen LogP contribution in [0.25, 0.3) is 101 Å². The van der Waals surface area contributed by atoms with Gasteiger partial charge in [-0.1, -0.05) is 78.9 Å². The number of pyridine rings is 1. The van der Waals surface area contributed by atoms with Gasteiger partial charge in [0, 0.05) is 86.1 Å². The minimum atomic E-state index is -0.726. The molecular formula is C52H31N3O6. The molecule has 7 heterocycles. The van der Waals surface area contributed by atoms with Crippen molar-refractivity contribution < 1.29 is 18.0 Å². The van der Waals surface area contributed by atoms with Crippen LogP contribution in [0.3, 0.4) is 0 Å². The molecular weight excluding hydrogens is 763 g/mol. The van der Waals surface area contributed by atoms with Gasteiger partial charge in [0.25, 0.3) is 0 Å². The Morgan fingerprint density at radius 2 is 1.30 bits per heavy atom. The second-order valence-electron chi connectivity index (χ2n) is 15.0. The summed E-state index contributed by atoms with van der Waals surface area (Å²) in [4.78, 5) is 37.3. The van der Waals surface area contributed by atoms with Crippen LogP contribution in [0.15, 0.2) is 193 Å². The van der Waals surface area contributed by atoms with Gasteiger partial charge in [-0.3, -0.25) is 4.79 Å². The summed E-state index contributed by atoms with van der Waals surface area (Å²) in [6, 6.07) is 43.6. The van der Waals surface area contributed by atoms with Gasteiger partial charge in [0.2, 0.25) is 0 Å². The third-order valence-corrected chi connectivity index (χ3v) is 11.5. The fourth-order valence-electron chi connectivity index (χ4n) is 8.83. The number of nitrogens with one attached hydrogen (secondary N) is 1. The molecule has 1 atom stereocenters. The van der Waals surface area contributed by atoms with E-state index < -0.39 is 11.7 Å². The maximum atomic E-state index is 14.8. The highest BCUT2D eigenvalue weighted by Crippen LogP contribution is 2.56. The number of furan rings is 1. The molecule has 12 rings (SSSR count). The monoisotopic (exact) mass is 793 g/mol. The minimum absolute atomic E-state index is 0.219. The molecule has 0 bridgehead atoms. The number of aromatic nitrogens is 3. The van der Waals surface area contributed by atoms with Gasteiger partial charge < -0.3 is 27.4 Å². The molecule has 1 unspecified atom stereocenters. The van der Waals surface area contributed by atoms with Crippen molar-refractivity contribution in [2.24, 2.45) is 0 Å². The number of rotatable bonds is 6. The minimum Gasteiger partial charge on any atom is -0.481 e. The molecule has 0 amide bonds. The van der Waals surface area contributed by atoms with E-state index in [0.717, 1.165) is 27.6 Å². The predicted octanol–water partition coefficient (Wildman–Crippen LogP) is 12.1. The lowest BCUT2D eigenvalue weighted by atomic mass is 9.77. The second-order valence-corrected chi connectivity index (χ2v) is 15.0. The Bertz CT molecular complexity index is 3670. The molecule has 0 aliphatic carbocycles. The van der Waals surface area contributed by atoms with Crippen LogP contribution in [0.5, 0.6) is 5.75 Å². The van der Waals surface area contributed by atoms with Crippen LogP contribution in [0.4, 0.5) is 0 Å². The summed E-state index contributed by atoms with van der Waals surface area (Å²) < 4.78 is 29.0. The fraction of sp³-hybridized carbons (Fsp3) is 0.0192. The normalized spacial score (nSPS) is 13.6. The molecule has 0 fully saturated rings. The number of imidazole rings is 1. The molecule has 1 aliphatic heterocycles. The van der Waals surface area contributed by atoms with E-state index >= 15 is 0 Å². The molecule has 6 aromatic heterocycles. The van der Waals surface area contributed by atoms with Crippen molar-refractivity contribution >= 4 is 44.5 Å². The third-order valence-electron chi connectivity index (χ3n) is 11.5.